The molecule has 2 aliphatic heterocycles. The van der Waals surface area contributed by atoms with E-state index >= 15 is 0 Å². The molecule has 3 atom stereocenters. The molecule has 0 aliphatic carbocycles. The molecular formula is C26H25ClF2N4O4. The second kappa shape index (κ2) is 9.42. The van der Waals surface area contributed by atoms with Gasteiger partial charge in [0.25, 0.3) is 0 Å². The Hall–Kier alpha value is -3.50. The quantitative estimate of drug-likeness (QED) is 0.519. The summed E-state index contributed by atoms with van der Waals surface area (Å²) >= 11 is 6.69. The van der Waals surface area contributed by atoms with Gasteiger partial charge in [0.15, 0.2) is 5.75 Å². The Bertz CT molecular complexity index is 1490. The summed E-state index contributed by atoms with van der Waals surface area (Å²) in [5, 5.41) is 10.6. The maximum Gasteiger partial charge on any atom is 0.350 e. The zero-order chi connectivity index (χ0) is 26.6. The van der Waals surface area contributed by atoms with Gasteiger partial charge < -0.3 is 19.6 Å². The Morgan fingerprint density at radius 1 is 1.27 bits per heavy atom. The number of hydrogen-bond donors (Lipinski definition) is 1. The van der Waals surface area contributed by atoms with Crippen LogP contribution in [0.4, 0.5) is 14.6 Å². The van der Waals surface area contributed by atoms with Gasteiger partial charge in [0.1, 0.15) is 24.1 Å². The average Bonchev–Trinajstić information content (AvgIpc) is 2.87. The topological polar surface area (TPSA) is 87.9 Å². The molecule has 194 valence electrons. The highest BCUT2D eigenvalue weighted by Crippen LogP contribution is 2.47. The van der Waals surface area contributed by atoms with E-state index in [1.165, 1.54) is 16.7 Å². The standard InChI is InChI=1S/C26H25ClF2N4O4/c1-4-21(35)31-9-14(3)32(10-13(31)2)25-18-8-19(27)22(17-6-5-15(28)7-20(17)29)24-23(18)33(26(36)30-25)16(11-34)12-37-24/h4-8,13-14,16,34H,1,9-12H2,2-3H3/t13-,14+,16-/m1/s1. The number of carbonyl (C=O) groups excluding carboxylic acids is 1. The molecule has 1 aromatic heterocycles. The van der Waals surface area contributed by atoms with Crippen LogP contribution in [0.2, 0.25) is 5.02 Å². The molecule has 0 unspecified atom stereocenters. The van der Waals surface area contributed by atoms with Crippen LogP contribution in [-0.2, 0) is 4.79 Å². The molecule has 8 nitrogen and oxygen atoms in total. The van der Waals surface area contributed by atoms with Gasteiger partial charge in [0.05, 0.1) is 23.2 Å². The van der Waals surface area contributed by atoms with Crippen LogP contribution in [0.15, 0.2) is 41.7 Å². The molecule has 37 heavy (non-hydrogen) atoms. The van der Waals surface area contributed by atoms with Crippen LogP contribution < -0.4 is 15.3 Å². The highest BCUT2D eigenvalue weighted by Gasteiger charge is 2.36. The largest absolute Gasteiger partial charge is 0.488 e. The van der Waals surface area contributed by atoms with Crippen LogP contribution in [0.5, 0.6) is 5.75 Å². The molecular weight excluding hydrogens is 506 g/mol. The number of aromatic nitrogens is 2. The molecule has 1 amide bonds. The van der Waals surface area contributed by atoms with E-state index < -0.39 is 23.4 Å². The molecule has 2 aromatic carbocycles. The van der Waals surface area contributed by atoms with Crippen molar-refractivity contribution in [3.8, 4) is 16.9 Å². The molecule has 3 heterocycles. The number of aliphatic hydroxyl groups is 1. The van der Waals surface area contributed by atoms with Gasteiger partial charge in [-0.05, 0) is 38.1 Å². The van der Waals surface area contributed by atoms with Gasteiger partial charge in [0.2, 0.25) is 5.91 Å². The lowest BCUT2D eigenvalue weighted by Gasteiger charge is -2.44. The summed E-state index contributed by atoms with van der Waals surface area (Å²) in [6, 6.07) is 3.59. The third kappa shape index (κ3) is 4.04. The summed E-state index contributed by atoms with van der Waals surface area (Å²) in [7, 11) is 0. The maximum atomic E-state index is 14.8. The summed E-state index contributed by atoms with van der Waals surface area (Å²) < 4.78 is 35.8. The zero-order valence-corrected chi connectivity index (χ0v) is 21.0. The van der Waals surface area contributed by atoms with Crippen molar-refractivity contribution in [1.29, 1.82) is 0 Å². The average molecular weight is 531 g/mol. The Kier molecular flexibility index (Phi) is 6.41. The van der Waals surface area contributed by atoms with Crippen molar-refractivity contribution in [2.24, 2.45) is 0 Å². The van der Waals surface area contributed by atoms with Crippen LogP contribution in [0.1, 0.15) is 19.9 Å². The SMILES string of the molecule is C=CC(=O)N1C[C@H](C)N(c2nc(=O)n3c4c(c(-c5ccc(F)cc5F)c(Cl)cc24)OC[C@H]3CO)C[C@H]1C. The van der Waals surface area contributed by atoms with E-state index in [0.717, 1.165) is 12.1 Å². The van der Waals surface area contributed by atoms with Crippen LogP contribution in [0.3, 0.4) is 0 Å². The number of rotatable bonds is 4. The van der Waals surface area contributed by atoms with Gasteiger partial charge in [-0.1, -0.05) is 18.2 Å². The lowest BCUT2D eigenvalue weighted by atomic mass is 9.99. The number of benzene rings is 2. The van der Waals surface area contributed by atoms with Gasteiger partial charge in [-0.3, -0.25) is 9.36 Å². The molecule has 5 rings (SSSR count). The summed E-state index contributed by atoms with van der Waals surface area (Å²) in [5.41, 5.74) is -0.103. The van der Waals surface area contributed by atoms with E-state index in [9.17, 15) is 23.5 Å². The van der Waals surface area contributed by atoms with E-state index in [-0.39, 0.29) is 53.1 Å². The summed E-state index contributed by atoms with van der Waals surface area (Å²) in [6.45, 7) is 7.70. The van der Waals surface area contributed by atoms with E-state index in [4.69, 9.17) is 16.3 Å². The minimum absolute atomic E-state index is 0.0154. The number of aliphatic hydroxyl groups excluding tert-OH is 1. The molecule has 2 aliphatic rings. The van der Waals surface area contributed by atoms with Gasteiger partial charge >= 0.3 is 5.69 Å². The first-order valence-electron chi connectivity index (χ1n) is 11.8. The monoisotopic (exact) mass is 530 g/mol. The van der Waals surface area contributed by atoms with Crippen LogP contribution >= 0.6 is 11.6 Å². The van der Waals surface area contributed by atoms with Gasteiger partial charge in [-0.25, -0.2) is 13.6 Å². The maximum absolute atomic E-state index is 14.8. The van der Waals surface area contributed by atoms with Crippen LogP contribution in [0, 0.1) is 11.6 Å². The van der Waals surface area contributed by atoms with Crippen molar-refractivity contribution in [1.82, 2.24) is 14.5 Å². The van der Waals surface area contributed by atoms with Gasteiger partial charge in [-0.15, -0.1) is 0 Å². The number of amides is 1. The number of ether oxygens (including phenoxy) is 1. The van der Waals surface area contributed by atoms with Crippen LogP contribution in [-0.4, -0.2) is 63.9 Å². The van der Waals surface area contributed by atoms with Crippen molar-refractivity contribution < 1.29 is 23.4 Å². The molecule has 1 fully saturated rings. The lowest BCUT2D eigenvalue weighted by molar-refractivity contribution is -0.128. The lowest BCUT2D eigenvalue weighted by Crippen LogP contribution is -2.58. The molecule has 1 N–H and O–H groups in total. The van der Waals surface area contributed by atoms with Crippen molar-refractivity contribution in [2.75, 3.05) is 31.2 Å². The summed E-state index contributed by atoms with van der Waals surface area (Å²) in [6.07, 6.45) is 1.27. The van der Waals surface area contributed by atoms with E-state index in [0.29, 0.717) is 29.8 Å². The number of nitrogens with zero attached hydrogens (tertiary/aromatic N) is 4. The molecule has 0 bridgehead atoms. The number of hydrogen-bond acceptors (Lipinski definition) is 6. The highest BCUT2D eigenvalue weighted by atomic mass is 35.5. The summed E-state index contributed by atoms with van der Waals surface area (Å²) in [4.78, 5) is 33.7. The number of carbonyl (C=O) groups is 1. The van der Waals surface area contributed by atoms with Gasteiger partial charge in [-0.2, -0.15) is 4.98 Å². The highest BCUT2D eigenvalue weighted by molar-refractivity contribution is 6.35. The smallest absolute Gasteiger partial charge is 0.350 e. The number of piperazine rings is 1. The van der Waals surface area contributed by atoms with E-state index in [2.05, 4.69) is 11.6 Å². The third-order valence-electron chi connectivity index (χ3n) is 7.01. The minimum Gasteiger partial charge on any atom is -0.488 e. The van der Waals surface area contributed by atoms with Gasteiger partial charge in [0, 0.05) is 47.8 Å². The summed E-state index contributed by atoms with van der Waals surface area (Å²) in [5.74, 6) is -1.26. The molecule has 0 spiro atoms. The third-order valence-corrected chi connectivity index (χ3v) is 7.31. The first-order chi connectivity index (χ1) is 17.7. The fraction of sp³-hybridized carbons (Fsp3) is 0.346. The Balaban J connectivity index is 1.76. The molecule has 1 saturated heterocycles. The van der Waals surface area contributed by atoms with E-state index in [1.54, 1.807) is 11.0 Å². The Labute approximate surface area is 216 Å². The van der Waals surface area contributed by atoms with Crippen molar-refractivity contribution >= 4 is 34.2 Å². The predicted molar refractivity (Wildman–Crippen MR) is 136 cm³/mol. The van der Waals surface area contributed by atoms with E-state index in [1.807, 2.05) is 18.7 Å². The number of halogens is 3. The fourth-order valence-corrected chi connectivity index (χ4v) is 5.50. The van der Waals surface area contributed by atoms with Crippen molar-refractivity contribution in [3.63, 3.8) is 0 Å². The Morgan fingerprint density at radius 2 is 2.03 bits per heavy atom. The molecule has 11 heteroatoms. The first-order valence-corrected chi connectivity index (χ1v) is 12.2. The number of anilines is 1. The second-order valence-corrected chi connectivity index (χ2v) is 9.77. The Morgan fingerprint density at radius 3 is 2.70 bits per heavy atom. The van der Waals surface area contributed by atoms with Crippen LogP contribution in [0.25, 0.3) is 22.0 Å². The zero-order valence-electron chi connectivity index (χ0n) is 20.2. The molecule has 0 saturated carbocycles. The first kappa shape index (κ1) is 25.2. The predicted octanol–water partition coefficient (Wildman–Crippen LogP) is 3.53. The fourth-order valence-electron chi connectivity index (χ4n) is 5.20. The minimum atomic E-state index is -0.834. The normalized spacial score (nSPS) is 21.2. The van der Waals surface area contributed by atoms with Crippen molar-refractivity contribution in [2.45, 2.75) is 32.0 Å². The molecule has 3 aromatic rings. The molecule has 0 radical (unpaired) electrons. The van der Waals surface area contributed by atoms with Crippen molar-refractivity contribution in [3.05, 3.63) is 64.1 Å². The second-order valence-electron chi connectivity index (χ2n) is 9.36.